The van der Waals surface area contributed by atoms with Gasteiger partial charge < -0.3 is 19.5 Å². The molecule has 2 heterocycles. The summed E-state index contributed by atoms with van der Waals surface area (Å²) < 4.78 is 9.89. The molecule has 1 amide bonds. The molecule has 2 aromatic rings. The fourth-order valence-electron chi connectivity index (χ4n) is 2.69. The summed E-state index contributed by atoms with van der Waals surface area (Å²) in [5.41, 5.74) is 0.446. The number of nitrogens with one attached hydrogen (secondary N) is 2. The molecule has 0 radical (unpaired) electrons. The zero-order valence-electron chi connectivity index (χ0n) is 13.1. The van der Waals surface area contributed by atoms with E-state index in [1.165, 1.54) is 25.5 Å². The number of amides is 1. The summed E-state index contributed by atoms with van der Waals surface area (Å²) in [6.07, 6.45) is 2.59. The van der Waals surface area contributed by atoms with Crippen molar-refractivity contribution < 1.29 is 18.7 Å². The summed E-state index contributed by atoms with van der Waals surface area (Å²) in [5, 5.41) is 2.67. The summed E-state index contributed by atoms with van der Waals surface area (Å²) in [4.78, 5) is 42.3. The molecule has 126 valence electrons. The Hall–Kier alpha value is -2.74. The van der Waals surface area contributed by atoms with Crippen LogP contribution in [0.1, 0.15) is 40.8 Å². The lowest BCUT2D eigenvalue weighted by Gasteiger charge is -2.35. The van der Waals surface area contributed by atoms with Crippen LogP contribution in [0.2, 0.25) is 0 Å². The Balaban J connectivity index is 1.57. The highest BCUT2D eigenvalue weighted by Crippen LogP contribution is 2.35. The van der Waals surface area contributed by atoms with Gasteiger partial charge in [-0.25, -0.2) is 4.98 Å². The number of hydrogen-bond donors (Lipinski definition) is 2. The van der Waals surface area contributed by atoms with Gasteiger partial charge in [0.1, 0.15) is 12.4 Å². The standard InChI is InChI=1S/C16H17N3O5/c1-23-8-13-18-11(7-14(20)19-13)9-5-10(6-9)17-16(22)15(21)12-3-2-4-24-12/h2-4,7,9-10H,5-6,8H2,1H3,(H,17,22)(H,18,19,20). The van der Waals surface area contributed by atoms with Gasteiger partial charge in [0.05, 0.1) is 12.0 Å². The van der Waals surface area contributed by atoms with Gasteiger partial charge >= 0.3 is 0 Å². The molecule has 0 bridgehead atoms. The van der Waals surface area contributed by atoms with E-state index in [9.17, 15) is 14.4 Å². The zero-order valence-corrected chi connectivity index (χ0v) is 13.1. The highest BCUT2D eigenvalue weighted by molar-refractivity contribution is 6.42. The number of ether oxygens (including phenoxy) is 1. The lowest BCUT2D eigenvalue weighted by molar-refractivity contribution is -0.118. The summed E-state index contributed by atoms with van der Waals surface area (Å²) in [6.45, 7) is 0.230. The lowest BCUT2D eigenvalue weighted by atomic mass is 9.78. The van der Waals surface area contributed by atoms with Crippen molar-refractivity contribution in [3.8, 4) is 0 Å². The Morgan fingerprint density at radius 1 is 1.46 bits per heavy atom. The van der Waals surface area contributed by atoms with Crippen LogP contribution in [-0.2, 0) is 16.1 Å². The first kappa shape index (κ1) is 16.1. The molecule has 3 rings (SSSR count). The topological polar surface area (TPSA) is 114 Å². The second kappa shape index (κ2) is 6.79. The second-order valence-electron chi connectivity index (χ2n) is 5.70. The summed E-state index contributed by atoms with van der Waals surface area (Å²) >= 11 is 0. The molecule has 1 saturated carbocycles. The van der Waals surface area contributed by atoms with Crippen molar-refractivity contribution in [2.75, 3.05) is 7.11 Å². The summed E-state index contributed by atoms with van der Waals surface area (Å²) in [7, 11) is 1.53. The molecular weight excluding hydrogens is 314 g/mol. The molecule has 24 heavy (non-hydrogen) atoms. The third-order valence-corrected chi connectivity index (χ3v) is 3.93. The van der Waals surface area contributed by atoms with Crippen molar-refractivity contribution in [1.29, 1.82) is 0 Å². The third kappa shape index (κ3) is 3.43. The van der Waals surface area contributed by atoms with E-state index >= 15 is 0 Å². The van der Waals surface area contributed by atoms with Gasteiger partial charge in [-0.3, -0.25) is 14.4 Å². The minimum absolute atomic E-state index is 0.0174. The van der Waals surface area contributed by atoms with Gasteiger partial charge in [-0.05, 0) is 25.0 Å². The fourth-order valence-corrected chi connectivity index (χ4v) is 2.69. The molecule has 8 nitrogen and oxygen atoms in total. The van der Waals surface area contributed by atoms with Gasteiger partial charge in [0.25, 0.3) is 17.2 Å². The van der Waals surface area contributed by atoms with Crippen molar-refractivity contribution in [2.24, 2.45) is 0 Å². The summed E-state index contributed by atoms with van der Waals surface area (Å²) in [5.74, 6) is -0.816. The molecule has 1 aliphatic carbocycles. The first-order valence-electron chi connectivity index (χ1n) is 7.54. The molecule has 0 aliphatic heterocycles. The Kier molecular flexibility index (Phi) is 4.57. The normalized spacial score (nSPS) is 19.5. The van der Waals surface area contributed by atoms with Crippen LogP contribution in [-0.4, -0.2) is 34.8 Å². The van der Waals surface area contributed by atoms with Gasteiger partial charge in [0, 0.05) is 25.1 Å². The van der Waals surface area contributed by atoms with Gasteiger partial charge in [-0.2, -0.15) is 0 Å². The van der Waals surface area contributed by atoms with Gasteiger partial charge in [0.15, 0.2) is 5.76 Å². The molecule has 1 fully saturated rings. The van der Waals surface area contributed by atoms with Crippen LogP contribution in [0.15, 0.2) is 33.7 Å². The first-order valence-corrected chi connectivity index (χ1v) is 7.54. The number of ketones is 1. The van der Waals surface area contributed by atoms with Gasteiger partial charge in [-0.15, -0.1) is 0 Å². The fraction of sp³-hybridized carbons (Fsp3) is 0.375. The number of H-pyrrole nitrogens is 1. The van der Waals surface area contributed by atoms with E-state index in [1.54, 1.807) is 6.07 Å². The Labute approximate surface area is 137 Å². The average molecular weight is 331 g/mol. The number of nitrogens with zero attached hydrogens (tertiary/aromatic N) is 1. The summed E-state index contributed by atoms with van der Waals surface area (Å²) in [6, 6.07) is 4.34. The molecule has 1 aliphatic rings. The number of hydrogen-bond acceptors (Lipinski definition) is 6. The number of carbonyl (C=O) groups excluding carboxylic acids is 2. The predicted molar refractivity (Wildman–Crippen MR) is 82.5 cm³/mol. The minimum atomic E-state index is -0.694. The Morgan fingerprint density at radius 3 is 2.92 bits per heavy atom. The van der Waals surface area contributed by atoms with Crippen molar-refractivity contribution in [3.05, 3.63) is 52.1 Å². The second-order valence-corrected chi connectivity index (χ2v) is 5.70. The number of carbonyl (C=O) groups is 2. The SMILES string of the molecule is COCc1nc(C2CC(NC(=O)C(=O)c3ccco3)C2)cc(=O)[nH]1. The van der Waals surface area contributed by atoms with Crippen molar-refractivity contribution in [2.45, 2.75) is 31.4 Å². The number of Topliss-reactive ketones (excluding diaryl/α,β-unsaturated/α-hetero) is 1. The maximum atomic E-state index is 11.9. The molecule has 0 saturated heterocycles. The van der Waals surface area contributed by atoms with Crippen LogP contribution in [0.4, 0.5) is 0 Å². The quantitative estimate of drug-likeness (QED) is 0.596. The van der Waals surface area contributed by atoms with Crippen LogP contribution in [0, 0.1) is 0 Å². The molecule has 0 atom stereocenters. The molecule has 2 N–H and O–H groups in total. The van der Waals surface area contributed by atoms with E-state index in [0.717, 1.165) is 0 Å². The number of furan rings is 1. The maximum Gasteiger partial charge on any atom is 0.295 e. The molecule has 0 unspecified atom stereocenters. The number of methoxy groups -OCH3 is 1. The first-order chi connectivity index (χ1) is 11.6. The number of rotatable bonds is 6. The van der Waals surface area contributed by atoms with E-state index in [0.29, 0.717) is 24.4 Å². The third-order valence-electron chi connectivity index (χ3n) is 3.93. The molecule has 8 heteroatoms. The van der Waals surface area contributed by atoms with E-state index in [4.69, 9.17) is 9.15 Å². The molecule has 0 spiro atoms. The van der Waals surface area contributed by atoms with Crippen molar-refractivity contribution >= 4 is 11.7 Å². The van der Waals surface area contributed by atoms with Crippen molar-refractivity contribution in [3.63, 3.8) is 0 Å². The minimum Gasteiger partial charge on any atom is -0.461 e. The van der Waals surface area contributed by atoms with E-state index in [2.05, 4.69) is 15.3 Å². The monoisotopic (exact) mass is 331 g/mol. The van der Waals surface area contributed by atoms with E-state index < -0.39 is 11.7 Å². The van der Waals surface area contributed by atoms with Crippen molar-refractivity contribution in [1.82, 2.24) is 15.3 Å². The highest BCUT2D eigenvalue weighted by Gasteiger charge is 2.34. The zero-order chi connectivity index (χ0) is 17.1. The van der Waals surface area contributed by atoms with Gasteiger partial charge in [0.2, 0.25) is 0 Å². The van der Waals surface area contributed by atoms with Crippen LogP contribution in [0.25, 0.3) is 0 Å². The smallest absolute Gasteiger partial charge is 0.295 e. The Bertz CT molecular complexity index is 790. The van der Waals surface area contributed by atoms with E-state index in [1.807, 2.05) is 0 Å². The highest BCUT2D eigenvalue weighted by atomic mass is 16.5. The van der Waals surface area contributed by atoms with E-state index in [-0.39, 0.29) is 29.9 Å². The largest absolute Gasteiger partial charge is 0.461 e. The number of aromatic amines is 1. The maximum absolute atomic E-state index is 11.9. The Morgan fingerprint density at radius 2 is 2.25 bits per heavy atom. The molecule has 2 aromatic heterocycles. The average Bonchev–Trinajstić information content (AvgIpc) is 3.03. The van der Waals surface area contributed by atoms with Crippen LogP contribution in [0.3, 0.4) is 0 Å². The molecular formula is C16H17N3O5. The van der Waals surface area contributed by atoms with Crippen LogP contribution >= 0.6 is 0 Å². The van der Waals surface area contributed by atoms with Crippen LogP contribution < -0.4 is 10.9 Å². The lowest BCUT2D eigenvalue weighted by Crippen LogP contribution is -2.46. The van der Waals surface area contributed by atoms with Crippen LogP contribution in [0.5, 0.6) is 0 Å². The molecule has 0 aromatic carbocycles. The number of aromatic nitrogens is 2. The van der Waals surface area contributed by atoms with Gasteiger partial charge in [-0.1, -0.05) is 0 Å². The predicted octanol–water partition coefficient (Wildman–Crippen LogP) is 0.754.